The molecule has 7 rings (SSSR count). The Kier molecular flexibility index (Phi) is 6.52. The van der Waals surface area contributed by atoms with Crippen molar-refractivity contribution in [1.82, 2.24) is 0 Å². The zero-order valence-electron chi connectivity index (χ0n) is 22.2. The second-order valence-corrected chi connectivity index (χ2v) is 13.4. The standard InChI is InChI=1S/C31H22BrCl2FN2O6/c32-15-1-5-17(6-2-15)36-26(39)21-11-10-20-22(24(21)27(36)40)13-30(33)28(41)37(18-7-3-16(35)4-8-18)29(42)31(30,34)25(20)23-12-9-19(14-38)43-23/h1-10,12,21-22,24-25,38H,11,13-14H2/t21-,22+,24-,25+,30+,31-/m0/s1. The Morgan fingerprint density at radius 1 is 0.884 bits per heavy atom. The molecule has 0 spiro atoms. The maximum Gasteiger partial charge on any atom is 0.258 e. The van der Waals surface area contributed by atoms with E-state index in [2.05, 4.69) is 15.9 Å². The first-order valence-corrected chi connectivity index (χ1v) is 15.1. The van der Waals surface area contributed by atoms with E-state index in [-0.39, 0.29) is 36.0 Å². The molecule has 3 fully saturated rings. The van der Waals surface area contributed by atoms with Crippen molar-refractivity contribution in [2.24, 2.45) is 17.8 Å². The highest BCUT2D eigenvalue weighted by Gasteiger charge is 2.77. The van der Waals surface area contributed by atoms with E-state index in [1.807, 2.05) is 0 Å². The second-order valence-electron chi connectivity index (χ2n) is 11.2. The smallest absolute Gasteiger partial charge is 0.258 e. The molecule has 6 atom stereocenters. The molecule has 1 saturated carbocycles. The minimum absolute atomic E-state index is 0.0865. The number of amides is 4. The van der Waals surface area contributed by atoms with Gasteiger partial charge >= 0.3 is 0 Å². The highest BCUT2D eigenvalue weighted by atomic mass is 79.9. The molecule has 3 aromatic rings. The fourth-order valence-electron chi connectivity index (χ4n) is 7.19. The quantitative estimate of drug-likeness (QED) is 0.222. The molecule has 2 aliphatic carbocycles. The average Bonchev–Trinajstić information content (AvgIpc) is 3.61. The molecule has 8 nitrogen and oxygen atoms in total. The molecule has 12 heteroatoms. The molecule has 0 unspecified atom stereocenters. The number of benzene rings is 2. The van der Waals surface area contributed by atoms with Gasteiger partial charge in [0.1, 0.15) is 23.9 Å². The Balaban J connectivity index is 1.38. The first-order valence-electron chi connectivity index (χ1n) is 13.6. The van der Waals surface area contributed by atoms with Crippen molar-refractivity contribution in [1.29, 1.82) is 0 Å². The van der Waals surface area contributed by atoms with Gasteiger partial charge in [0.15, 0.2) is 9.75 Å². The predicted octanol–water partition coefficient (Wildman–Crippen LogP) is 5.44. The number of hydrogen-bond acceptors (Lipinski definition) is 6. The number of imide groups is 2. The number of carbonyl (C=O) groups excluding carboxylic acids is 4. The van der Waals surface area contributed by atoms with E-state index in [4.69, 9.17) is 27.6 Å². The highest BCUT2D eigenvalue weighted by Crippen LogP contribution is 2.66. The fraction of sp³-hybridized carbons (Fsp3) is 0.290. The lowest BCUT2D eigenvalue weighted by atomic mass is 9.57. The molecule has 0 bridgehead atoms. The summed E-state index contributed by atoms with van der Waals surface area (Å²) in [6.07, 6.45) is 1.79. The molecule has 2 saturated heterocycles. The Morgan fingerprint density at radius 2 is 1.53 bits per heavy atom. The first-order chi connectivity index (χ1) is 20.5. The first kappa shape index (κ1) is 28.5. The Bertz CT molecular complexity index is 1740. The number of fused-ring (bicyclic) bond motifs is 4. The molecule has 220 valence electrons. The molecule has 2 aromatic carbocycles. The van der Waals surface area contributed by atoms with Gasteiger partial charge in [0, 0.05) is 4.47 Å². The third-order valence-electron chi connectivity index (χ3n) is 9.10. The van der Waals surface area contributed by atoms with Crippen LogP contribution in [0.5, 0.6) is 0 Å². The zero-order valence-corrected chi connectivity index (χ0v) is 25.3. The van der Waals surface area contributed by atoms with Gasteiger partial charge in [-0.15, -0.1) is 23.2 Å². The van der Waals surface area contributed by atoms with Crippen LogP contribution in [-0.4, -0.2) is 38.5 Å². The summed E-state index contributed by atoms with van der Waals surface area (Å²) in [6.45, 7) is -0.426. The molecular formula is C31H22BrCl2FN2O6. The summed E-state index contributed by atoms with van der Waals surface area (Å²) in [7, 11) is 0. The van der Waals surface area contributed by atoms with Crippen molar-refractivity contribution < 1.29 is 33.1 Å². The van der Waals surface area contributed by atoms with E-state index in [1.54, 1.807) is 36.4 Å². The minimum Gasteiger partial charge on any atom is -0.463 e. The predicted molar refractivity (Wildman–Crippen MR) is 158 cm³/mol. The molecule has 4 amide bonds. The van der Waals surface area contributed by atoms with Gasteiger partial charge in [-0.05, 0) is 79.4 Å². The Morgan fingerprint density at radius 3 is 2.19 bits per heavy atom. The third kappa shape index (κ3) is 3.82. The lowest BCUT2D eigenvalue weighted by Gasteiger charge is -2.49. The monoisotopic (exact) mass is 686 g/mol. The molecule has 0 radical (unpaired) electrons. The van der Waals surface area contributed by atoms with Crippen LogP contribution in [0.1, 0.15) is 30.3 Å². The Labute approximate surface area is 263 Å². The van der Waals surface area contributed by atoms with Crippen LogP contribution in [0.25, 0.3) is 0 Å². The van der Waals surface area contributed by atoms with E-state index in [0.29, 0.717) is 11.3 Å². The number of nitrogens with zero attached hydrogens (tertiary/aromatic N) is 2. The summed E-state index contributed by atoms with van der Waals surface area (Å²) >= 11 is 17.9. The van der Waals surface area contributed by atoms with Gasteiger partial charge in [-0.3, -0.25) is 24.1 Å². The zero-order chi connectivity index (χ0) is 30.4. The molecule has 2 aliphatic heterocycles. The van der Waals surface area contributed by atoms with Gasteiger partial charge in [0.05, 0.1) is 29.1 Å². The van der Waals surface area contributed by atoms with Gasteiger partial charge in [-0.1, -0.05) is 27.6 Å². The average molecular weight is 688 g/mol. The van der Waals surface area contributed by atoms with Crippen LogP contribution in [0.15, 0.2) is 81.2 Å². The lowest BCUT2D eigenvalue weighted by molar-refractivity contribution is -0.125. The van der Waals surface area contributed by atoms with Gasteiger partial charge in [0.25, 0.3) is 11.8 Å². The van der Waals surface area contributed by atoms with Crippen molar-refractivity contribution in [3.8, 4) is 0 Å². The van der Waals surface area contributed by atoms with Crippen LogP contribution in [0.2, 0.25) is 0 Å². The van der Waals surface area contributed by atoms with Crippen molar-refractivity contribution in [3.63, 3.8) is 0 Å². The lowest BCUT2D eigenvalue weighted by Crippen LogP contribution is -2.60. The summed E-state index contributed by atoms with van der Waals surface area (Å²) < 4.78 is 20.4. The van der Waals surface area contributed by atoms with Crippen LogP contribution in [0.3, 0.4) is 0 Å². The molecule has 1 N–H and O–H groups in total. The number of halogens is 4. The number of rotatable bonds is 4. The van der Waals surface area contributed by atoms with Crippen molar-refractivity contribution in [2.45, 2.75) is 35.1 Å². The number of aliphatic hydroxyl groups is 1. The summed E-state index contributed by atoms with van der Waals surface area (Å²) in [4.78, 5) is 54.0. The van der Waals surface area contributed by atoms with Crippen LogP contribution < -0.4 is 9.80 Å². The maximum atomic E-state index is 14.2. The summed E-state index contributed by atoms with van der Waals surface area (Å²) in [6, 6.07) is 14.7. The molecular weight excluding hydrogens is 666 g/mol. The van der Waals surface area contributed by atoms with E-state index in [0.717, 1.165) is 21.5 Å². The van der Waals surface area contributed by atoms with Crippen molar-refractivity contribution in [2.75, 3.05) is 9.80 Å². The third-order valence-corrected chi connectivity index (χ3v) is 11.0. The molecule has 1 aromatic heterocycles. The van der Waals surface area contributed by atoms with E-state index in [1.165, 1.54) is 23.1 Å². The fourth-order valence-corrected chi connectivity index (χ4v) is 8.37. The van der Waals surface area contributed by atoms with Gasteiger partial charge in [0.2, 0.25) is 11.8 Å². The van der Waals surface area contributed by atoms with Crippen LogP contribution >= 0.6 is 39.1 Å². The molecule has 3 heterocycles. The maximum absolute atomic E-state index is 14.2. The number of aliphatic hydroxyl groups excluding tert-OH is 1. The molecule has 43 heavy (non-hydrogen) atoms. The van der Waals surface area contributed by atoms with E-state index >= 15 is 0 Å². The number of alkyl halides is 2. The SMILES string of the molecule is O=C1[C@H]2[C@H](CC=C3[C@H]2C[C@@]2(Cl)C(=O)N(c4ccc(F)cc4)C(=O)[C@@]2(Cl)[C@H]3c2ccc(CO)o2)C(=O)N1c1ccc(Br)cc1. The van der Waals surface area contributed by atoms with Crippen LogP contribution in [-0.2, 0) is 25.8 Å². The number of anilines is 2. The van der Waals surface area contributed by atoms with Gasteiger partial charge in [-0.25, -0.2) is 9.29 Å². The summed E-state index contributed by atoms with van der Waals surface area (Å²) in [5.41, 5.74) is 1.07. The topological polar surface area (TPSA) is 108 Å². The van der Waals surface area contributed by atoms with Gasteiger partial charge in [-0.2, -0.15) is 0 Å². The molecule has 4 aliphatic rings. The highest BCUT2D eigenvalue weighted by molar-refractivity contribution is 9.10. The summed E-state index contributed by atoms with van der Waals surface area (Å²) in [5, 5.41) is 9.71. The van der Waals surface area contributed by atoms with Crippen LogP contribution in [0, 0.1) is 23.6 Å². The van der Waals surface area contributed by atoms with Crippen LogP contribution in [0.4, 0.5) is 15.8 Å². The van der Waals surface area contributed by atoms with E-state index < -0.39 is 63.6 Å². The number of carbonyl (C=O) groups is 4. The second kappa shape index (κ2) is 9.85. The number of allylic oxidation sites excluding steroid dienone is 2. The van der Waals surface area contributed by atoms with Gasteiger partial charge < -0.3 is 9.52 Å². The van der Waals surface area contributed by atoms with Crippen molar-refractivity contribution in [3.05, 3.63) is 94.1 Å². The van der Waals surface area contributed by atoms with E-state index in [9.17, 15) is 28.7 Å². The van der Waals surface area contributed by atoms with Crippen molar-refractivity contribution >= 4 is 74.1 Å². The normalized spacial score (nSPS) is 31.7. The Hall–Kier alpha value is -3.31. The summed E-state index contributed by atoms with van der Waals surface area (Å²) in [5.74, 6) is -6.04. The minimum atomic E-state index is -2.10. The number of furan rings is 1. The number of hydrogen-bond donors (Lipinski definition) is 1. The largest absolute Gasteiger partial charge is 0.463 e.